The van der Waals surface area contributed by atoms with Gasteiger partial charge in [-0.25, -0.2) is 4.39 Å². The Hall–Kier alpha value is -2.80. The number of carbonyl (C=O) groups is 2. The molecule has 0 heterocycles. The van der Waals surface area contributed by atoms with E-state index in [1.165, 1.54) is 13.8 Å². The molecule has 0 amide bonds. The summed E-state index contributed by atoms with van der Waals surface area (Å²) in [6.45, 7) is 6.08. The van der Waals surface area contributed by atoms with Crippen molar-refractivity contribution in [2.75, 3.05) is 25.8 Å². The van der Waals surface area contributed by atoms with Gasteiger partial charge in [-0.05, 0) is 35.4 Å². The highest BCUT2D eigenvalue weighted by Gasteiger charge is 2.23. The maximum Gasteiger partial charge on any atom is 0.303 e. The second-order valence-electron chi connectivity index (χ2n) is 8.07. The molecule has 0 aliphatic heterocycles. The number of alkyl halides is 2. The molecule has 2 atom stereocenters. The van der Waals surface area contributed by atoms with Gasteiger partial charge in [0.1, 0.15) is 37.5 Å². The molecule has 2 rings (SSSR count). The van der Waals surface area contributed by atoms with Crippen LogP contribution in [0.2, 0.25) is 0 Å². The molecule has 2 aromatic carbocycles. The summed E-state index contributed by atoms with van der Waals surface area (Å²) in [5.74, 6) is 0.423. The monoisotopic (exact) mass is 480 g/mol. The van der Waals surface area contributed by atoms with E-state index >= 15 is 0 Å². The highest BCUT2D eigenvalue weighted by molar-refractivity contribution is 6.18. The number of ether oxygens (including phenoxy) is 4. The Bertz CT molecular complexity index is 825. The minimum absolute atomic E-state index is 0.0533. The number of hydrogen-bond donors (Lipinski definition) is 0. The van der Waals surface area contributed by atoms with E-state index in [4.69, 9.17) is 30.5 Å². The minimum atomic E-state index is -0.923. The maximum absolute atomic E-state index is 12.9. The number of esters is 2. The van der Waals surface area contributed by atoms with Gasteiger partial charge in [-0.2, -0.15) is 0 Å². The summed E-state index contributed by atoms with van der Waals surface area (Å²) in [5.41, 5.74) is 1.83. The van der Waals surface area contributed by atoms with Gasteiger partial charge in [-0.3, -0.25) is 9.59 Å². The van der Waals surface area contributed by atoms with E-state index in [9.17, 15) is 14.0 Å². The van der Waals surface area contributed by atoms with Crippen molar-refractivity contribution in [3.63, 3.8) is 0 Å². The fraction of sp³-hybridized carbons (Fsp3) is 0.440. The zero-order chi connectivity index (χ0) is 24.4. The molecule has 2 aromatic rings. The van der Waals surface area contributed by atoms with Crippen molar-refractivity contribution < 1.29 is 32.9 Å². The van der Waals surface area contributed by atoms with E-state index in [0.29, 0.717) is 11.5 Å². The van der Waals surface area contributed by atoms with Crippen LogP contribution in [0.4, 0.5) is 4.39 Å². The Kier molecular flexibility index (Phi) is 9.97. The lowest BCUT2D eigenvalue weighted by molar-refractivity contribution is -0.149. The van der Waals surface area contributed by atoms with Gasteiger partial charge in [0.25, 0.3) is 0 Å². The highest BCUT2D eigenvalue weighted by Crippen LogP contribution is 2.33. The van der Waals surface area contributed by atoms with Gasteiger partial charge < -0.3 is 18.9 Å². The Balaban J connectivity index is 1.99. The maximum atomic E-state index is 12.9. The zero-order valence-corrected chi connectivity index (χ0v) is 20.1. The van der Waals surface area contributed by atoms with Gasteiger partial charge >= 0.3 is 11.9 Å². The molecule has 0 bridgehead atoms. The quantitative estimate of drug-likeness (QED) is 0.320. The summed E-state index contributed by atoms with van der Waals surface area (Å²) in [6, 6.07) is 15.2. The number of hydrogen-bond acceptors (Lipinski definition) is 6. The van der Waals surface area contributed by atoms with Crippen LogP contribution in [0, 0.1) is 0 Å². The molecule has 0 fully saturated rings. The topological polar surface area (TPSA) is 71.1 Å². The van der Waals surface area contributed by atoms with Crippen molar-refractivity contribution in [3.05, 3.63) is 59.7 Å². The van der Waals surface area contributed by atoms with Crippen LogP contribution in [0.5, 0.6) is 11.5 Å². The normalized spacial score (nSPS) is 13.0. The van der Waals surface area contributed by atoms with E-state index in [-0.39, 0.29) is 24.5 Å². The molecule has 0 aliphatic carbocycles. The van der Waals surface area contributed by atoms with Gasteiger partial charge in [0.2, 0.25) is 0 Å². The number of rotatable bonds is 12. The molecule has 0 N–H and O–H groups in total. The fourth-order valence-corrected chi connectivity index (χ4v) is 3.32. The predicted molar refractivity (Wildman–Crippen MR) is 124 cm³/mol. The molecule has 0 unspecified atom stereocenters. The second kappa shape index (κ2) is 12.4. The predicted octanol–water partition coefficient (Wildman–Crippen LogP) is 4.84. The van der Waals surface area contributed by atoms with Crippen molar-refractivity contribution in [1.29, 1.82) is 0 Å². The second-order valence-corrected chi connectivity index (χ2v) is 8.38. The van der Waals surface area contributed by atoms with Crippen LogP contribution in [0.3, 0.4) is 0 Å². The fourth-order valence-electron chi connectivity index (χ4n) is 3.17. The number of benzene rings is 2. The first kappa shape index (κ1) is 26.5. The average molecular weight is 481 g/mol. The summed E-state index contributed by atoms with van der Waals surface area (Å²) in [4.78, 5) is 22.1. The number of halogens is 2. The highest BCUT2D eigenvalue weighted by atomic mass is 35.5. The Labute approximate surface area is 198 Å². The average Bonchev–Trinajstić information content (AvgIpc) is 2.79. The van der Waals surface area contributed by atoms with E-state index in [2.05, 4.69) is 13.8 Å². The van der Waals surface area contributed by atoms with Crippen LogP contribution in [0.1, 0.15) is 38.8 Å². The summed E-state index contributed by atoms with van der Waals surface area (Å²) < 4.78 is 34.1. The molecule has 6 nitrogen and oxygen atoms in total. The SMILES string of the molecule is CC(=O)O[C@@H](CF)COc1ccc(C(C)(C)c2ccc(OC[C@H](CCl)OC(C)=O)cc2)cc1. The Morgan fingerprint density at radius 1 is 0.818 bits per heavy atom. The molecular formula is C25H30ClFO6. The van der Waals surface area contributed by atoms with Crippen molar-refractivity contribution in [2.24, 2.45) is 0 Å². The van der Waals surface area contributed by atoms with Crippen molar-refractivity contribution >= 4 is 23.5 Å². The van der Waals surface area contributed by atoms with Crippen LogP contribution < -0.4 is 9.47 Å². The molecule has 0 aromatic heterocycles. The van der Waals surface area contributed by atoms with E-state index in [0.717, 1.165) is 11.1 Å². The summed E-state index contributed by atoms with van der Waals surface area (Å²) in [5, 5.41) is 0. The summed E-state index contributed by atoms with van der Waals surface area (Å²) in [6.07, 6.45) is -1.43. The van der Waals surface area contributed by atoms with Crippen LogP contribution in [-0.2, 0) is 24.5 Å². The molecule has 0 radical (unpaired) electrons. The third-order valence-electron chi connectivity index (χ3n) is 5.03. The molecule has 0 saturated heterocycles. The lowest BCUT2D eigenvalue weighted by Crippen LogP contribution is -2.26. The van der Waals surface area contributed by atoms with Gasteiger partial charge in [-0.1, -0.05) is 38.1 Å². The zero-order valence-electron chi connectivity index (χ0n) is 19.3. The molecule has 0 spiro atoms. The standard InChI is InChI=1S/C25H30ClFO6/c1-17(28)32-23(13-26)15-30-21-9-5-19(6-10-21)25(3,4)20-7-11-22(12-8-20)31-16-24(14-27)33-18(2)29/h5-12,23-24H,13-16H2,1-4H3/t23-,24-/m0/s1. The Morgan fingerprint density at radius 2 is 1.21 bits per heavy atom. The van der Waals surface area contributed by atoms with E-state index in [1.807, 2.05) is 36.4 Å². The molecule has 0 aliphatic rings. The lowest BCUT2D eigenvalue weighted by Gasteiger charge is -2.26. The van der Waals surface area contributed by atoms with Gasteiger partial charge in [0, 0.05) is 19.3 Å². The Morgan fingerprint density at radius 3 is 1.58 bits per heavy atom. The van der Waals surface area contributed by atoms with Crippen molar-refractivity contribution in [2.45, 2.75) is 45.3 Å². The van der Waals surface area contributed by atoms with Crippen LogP contribution in [0.15, 0.2) is 48.5 Å². The summed E-state index contributed by atoms with van der Waals surface area (Å²) in [7, 11) is 0. The first-order valence-corrected chi connectivity index (χ1v) is 11.1. The lowest BCUT2D eigenvalue weighted by atomic mass is 9.78. The smallest absolute Gasteiger partial charge is 0.303 e. The van der Waals surface area contributed by atoms with Gasteiger partial charge in [0.05, 0.1) is 5.88 Å². The molecule has 180 valence electrons. The molecular weight excluding hydrogens is 451 g/mol. The molecule has 8 heteroatoms. The van der Waals surface area contributed by atoms with Gasteiger partial charge in [0.15, 0.2) is 6.10 Å². The third kappa shape index (κ3) is 8.24. The third-order valence-corrected chi connectivity index (χ3v) is 5.38. The van der Waals surface area contributed by atoms with Crippen LogP contribution in [0.25, 0.3) is 0 Å². The largest absolute Gasteiger partial charge is 0.490 e. The van der Waals surface area contributed by atoms with E-state index in [1.54, 1.807) is 12.1 Å². The van der Waals surface area contributed by atoms with E-state index < -0.39 is 30.8 Å². The minimum Gasteiger partial charge on any atom is -0.490 e. The van der Waals surface area contributed by atoms with Crippen LogP contribution in [-0.4, -0.2) is 49.9 Å². The number of carbonyl (C=O) groups excluding carboxylic acids is 2. The summed E-state index contributed by atoms with van der Waals surface area (Å²) >= 11 is 5.80. The van der Waals surface area contributed by atoms with Crippen molar-refractivity contribution in [1.82, 2.24) is 0 Å². The van der Waals surface area contributed by atoms with Crippen molar-refractivity contribution in [3.8, 4) is 11.5 Å². The first-order valence-electron chi connectivity index (χ1n) is 10.6. The first-order chi connectivity index (χ1) is 15.6. The molecule has 0 saturated carbocycles. The molecule has 33 heavy (non-hydrogen) atoms. The van der Waals surface area contributed by atoms with Gasteiger partial charge in [-0.15, -0.1) is 11.6 Å². The van der Waals surface area contributed by atoms with Crippen LogP contribution >= 0.6 is 11.6 Å².